The van der Waals surface area contributed by atoms with Crippen LogP contribution >= 0.6 is 0 Å². The van der Waals surface area contributed by atoms with Crippen LogP contribution in [0.1, 0.15) is 29.7 Å². The Balaban J connectivity index is 1.86. The highest BCUT2D eigenvalue weighted by Crippen LogP contribution is 2.37. The average Bonchev–Trinajstić information content (AvgIpc) is 2.99. The molecule has 23 heavy (non-hydrogen) atoms. The van der Waals surface area contributed by atoms with Crippen LogP contribution in [0, 0.1) is 0 Å². The molecule has 2 atom stereocenters. The summed E-state index contributed by atoms with van der Waals surface area (Å²) in [4.78, 5) is 0. The minimum atomic E-state index is -2.34. The second-order valence-corrected chi connectivity index (χ2v) is 5.95. The van der Waals surface area contributed by atoms with Crippen LogP contribution in [0.15, 0.2) is 42.5 Å². The first-order chi connectivity index (χ1) is 11.1. The molecule has 0 spiro atoms. The van der Waals surface area contributed by atoms with E-state index >= 15 is 0 Å². The molecule has 1 aliphatic heterocycles. The lowest BCUT2D eigenvalue weighted by molar-refractivity contribution is 0.215. The molecule has 2 aromatic rings. The fourth-order valence-corrected chi connectivity index (χ4v) is 2.92. The van der Waals surface area contributed by atoms with Gasteiger partial charge in [-0.25, -0.2) is 0 Å². The summed E-state index contributed by atoms with van der Waals surface area (Å²) in [7, 11) is 0. The number of benzene rings is 2. The molecular weight excluding hydrogens is 316 g/mol. The van der Waals surface area contributed by atoms with E-state index in [1.807, 2.05) is 42.5 Å². The van der Waals surface area contributed by atoms with Crippen molar-refractivity contribution < 1.29 is 22.4 Å². The van der Waals surface area contributed by atoms with Crippen LogP contribution in [0.2, 0.25) is 0 Å². The van der Waals surface area contributed by atoms with Crippen LogP contribution in [-0.2, 0) is 28.6 Å². The fraction of sp³-hybridized carbons (Fsp3) is 0.294. The molecule has 0 saturated heterocycles. The number of ether oxygens (including phenoxy) is 2. The maximum Gasteiger partial charge on any atom is 0.302 e. The van der Waals surface area contributed by atoms with Crippen molar-refractivity contribution in [3.05, 3.63) is 59.2 Å². The van der Waals surface area contributed by atoms with Crippen molar-refractivity contribution in [3.63, 3.8) is 0 Å². The summed E-state index contributed by atoms with van der Waals surface area (Å²) >= 11 is -2.34. The highest BCUT2D eigenvalue weighted by atomic mass is 32.2. The van der Waals surface area contributed by atoms with Crippen LogP contribution < -0.4 is 9.47 Å². The van der Waals surface area contributed by atoms with Gasteiger partial charge in [0.1, 0.15) is 24.2 Å². The lowest BCUT2D eigenvalue weighted by atomic mass is 10.0. The number of rotatable bonds is 6. The standard InChI is InChI=1S/C17H18O5S/c1-12(22-23(18)19)15-10-16-14(7-8-20-16)9-17(15)21-11-13-5-3-2-4-6-13/h2-6,9-10,12H,7-8,11H2,1H3,(H,18,19). The fourth-order valence-electron chi connectivity index (χ4n) is 2.57. The van der Waals surface area contributed by atoms with E-state index in [2.05, 4.69) is 0 Å². The van der Waals surface area contributed by atoms with Crippen molar-refractivity contribution in [3.8, 4) is 11.5 Å². The molecule has 3 rings (SSSR count). The van der Waals surface area contributed by atoms with Crippen LogP contribution in [0.25, 0.3) is 0 Å². The minimum absolute atomic E-state index is 0.419. The Morgan fingerprint density at radius 3 is 2.83 bits per heavy atom. The van der Waals surface area contributed by atoms with Crippen LogP contribution in [0.5, 0.6) is 11.5 Å². The summed E-state index contributed by atoms with van der Waals surface area (Å²) in [6.45, 7) is 2.76. The first kappa shape index (κ1) is 16.0. The zero-order valence-electron chi connectivity index (χ0n) is 12.7. The molecule has 1 N–H and O–H groups in total. The van der Waals surface area contributed by atoms with Crippen LogP contribution in [0.4, 0.5) is 0 Å². The van der Waals surface area contributed by atoms with Gasteiger partial charge in [-0.05, 0) is 24.6 Å². The summed E-state index contributed by atoms with van der Waals surface area (Å²) in [5, 5.41) is 0. The minimum Gasteiger partial charge on any atom is -0.493 e. The largest absolute Gasteiger partial charge is 0.493 e. The maximum absolute atomic E-state index is 10.9. The molecule has 1 aliphatic rings. The van der Waals surface area contributed by atoms with Crippen molar-refractivity contribution in [1.29, 1.82) is 0 Å². The van der Waals surface area contributed by atoms with Crippen molar-refractivity contribution >= 4 is 11.4 Å². The van der Waals surface area contributed by atoms with E-state index in [9.17, 15) is 4.21 Å². The van der Waals surface area contributed by atoms with Gasteiger partial charge >= 0.3 is 11.4 Å². The van der Waals surface area contributed by atoms with Gasteiger partial charge < -0.3 is 9.47 Å². The lowest BCUT2D eigenvalue weighted by Gasteiger charge is -2.17. The summed E-state index contributed by atoms with van der Waals surface area (Å²) in [6.07, 6.45) is 0.250. The van der Waals surface area contributed by atoms with Gasteiger partial charge in [-0.2, -0.15) is 4.21 Å². The topological polar surface area (TPSA) is 65.0 Å². The van der Waals surface area contributed by atoms with E-state index in [-0.39, 0.29) is 0 Å². The molecular formula is C17H18O5S. The van der Waals surface area contributed by atoms with E-state index in [0.29, 0.717) is 24.5 Å². The molecule has 6 heteroatoms. The SMILES string of the molecule is CC(OS(=O)O)c1cc2c(cc1OCc1ccccc1)CCO2. The Morgan fingerprint density at radius 1 is 1.30 bits per heavy atom. The molecule has 0 aromatic heterocycles. The Bertz CT molecular complexity index is 702. The number of fused-ring (bicyclic) bond motifs is 1. The third-order valence-electron chi connectivity index (χ3n) is 3.72. The second-order valence-electron chi connectivity index (χ2n) is 5.33. The van der Waals surface area contributed by atoms with Crippen LogP contribution in [-0.4, -0.2) is 15.4 Å². The monoisotopic (exact) mass is 334 g/mol. The van der Waals surface area contributed by atoms with Gasteiger partial charge in [0.15, 0.2) is 0 Å². The predicted molar refractivity (Wildman–Crippen MR) is 86.7 cm³/mol. The molecule has 2 aromatic carbocycles. The highest BCUT2D eigenvalue weighted by Gasteiger charge is 2.21. The van der Waals surface area contributed by atoms with Gasteiger partial charge in [0.25, 0.3) is 0 Å². The molecule has 5 nitrogen and oxygen atoms in total. The van der Waals surface area contributed by atoms with Crippen molar-refractivity contribution in [2.24, 2.45) is 0 Å². The zero-order valence-corrected chi connectivity index (χ0v) is 13.5. The molecule has 0 amide bonds. The molecule has 0 aliphatic carbocycles. The molecule has 0 fully saturated rings. The lowest BCUT2D eigenvalue weighted by Crippen LogP contribution is -2.06. The smallest absolute Gasteiger partial charge is 0.302 e. The molecule has 0 saturated carbocycles. The molecule has 2 unspecified atom stereocenters. The quantitative estimate of drug-likeness (QED) is 0.820. The maximum atomic E-state index is 10.9. The number of hydrogen-bond acceptors (Lipinski definition) is 4. The summed E-state index contributed by atoms with van der Waals surface area (Å²) in [5.41, 5.74) is 2.83. The van der Waals surface area contributed by atoms with Gasteiger partial charge in [-0.15, -0.1) is 0 Å². The Morgan fingerprint density at radius 2 is 2.09 bits per heavy atom. The van der Waals surface area contributed by atoms with E-state index in [4.69, 9.17) is 18.2 Å². The van der Waals surface area contributed by atoms with Crippen molar-refractivity contribution in [2.75, 3.05) is 6.61 Å². The van der Waals surface area contributed by atoms with Crippen molar-refractivity contribution in [1.82, 2.24) is 0 Å². The molecule has 0 bridgehead atoms. The average molecular weight is 334 g/mol. The molecule has 0 radical (unpaired) electrons. The zero-order chi connectivity index (χ0) is 16.2. The van der Waals surface area contributed by atoms with E-state index < -0.39 is 17.5 Å². The van der Waals surface area contributed by atoms with Crippen molar-refractivity contribution in [2.45, 2.75) is 26.1 Å². The molecule has 122 valence electrons. The van der Waals surface area contributed by atoms with Crippen LogP contribution in [0.3, 0.4) is 0 Å². The number of hydrogen-bond donors (Lipinski definition) is 1. The molecule has 1 heterocycles. The van der Waals surface area contributed by atoms with Gasteiger partial charge in [0.2, 0.25) is 0 Å². The summed E-state index contributed by atoms with van der Waals surface area (Å²) < 4.78 is 36.4. The van der Waals surface area contributed by atoms with E-state index in [1.165, 1.54) is 0 Å². The normalized spacial score (nSPS) is 15.6. The Hall–Kier alpha value is -1.89. The van der Waals surface area contributed by atoms with Gasteiger partial charge in [-0.3, -0.25) is 8.74 Å². The summed E-state index contributed by atoms with van der Waals surface area (Å²) in [5.74, 6) is 1.43. The second kappa shape index (κ2) is 7.12. The summed E-state index contributed by atoms with van der Waals surface area (Å²) in [6, 6.07) is 13.6. The third kappa shape index (κ3) is 3.90. The third-order valence-corrected chi connectivity index (χ3v) is 4.18. The van der Waals surface area contributed by atoms with Gasteiger partial charge in [0, 0.05) is 17.5 Å². The predicted octanol–water partition coefficient (Wildman–Crippen LogP) is 3.41. The highest BCUT2D eigenvalue weighted by molar-refractivity contribution is 7.74. The first-order valence-corrected chi connectivity index (χ1v) is 8.41. The Kier molecular flexibility index (Phi) is 4.95. The van der Waals surface area contributed by atoms with Gasteiger partial charge in [0.05, 0.1) is 6.61 Å². The Labute approximate surface area is 137 Å². The van der Waals surface area contributed by atoms with Gasteiger partial charge in [-0.1, -0.05) is 30.3 Å². The first-order valence-electron chi connectivity index (χ1n) is 7.38. The van der Waals surface area contributed by atoms with E-state index in [0.717, 1.165) is 23.3 Å². The van der Waals surface area contributed by atoms with E-state index in [1.54, 1.807) is 6.92 Å².